The molecule has 2 heterocycles. The van der Waals surface area contributed by atoms with Crippen molar-refractivity contribution in [3.05, 3.63) is 65.6 Å². The van der Waals surface area contributed by atoms with Crippen LogP contribution in [-0.4, -0.2) is 27.9 Å². The van der Waals surface area contributed by atoms with Gasteiger partial charge < -0.3 is 14.5 Å². The van der Waals surface area contributed by atoms with Crippen molar-refractivity contribution in [2.75, 3.05) is 11.9 Å². The Kier molecular flexibility index (Phi) is 5.31. The van der Waals surface area contributed by atoms with Crippen molar-refractivity contribution < 1.29 is 14.3 Å². The number of hydrogen-bond acceptors (Lipinski definition) is 4. The molecule has 6 heteroatoms. The molecule has 134 valence electrons. The molecule has 0 saturated carbocycles. The molecule has 0 aliphatic carbocycles. The Labute approximate surface area is 151 Å². The fourth-order valence-electron chi connectivity index (χ4n) is 2.82. The largest absolute Gasteiger partial charge is 0.462 e. The number of fused-ring (bicyclic) bond motifs is 1. The van der Waals surface area contributed by atoms with Crippen LogP contribution in [0.1, 0.15) is 35.1 Å². The maximum Gasteiger partial charge on any atom is 0.338 e. The Bertz CT molecular complexity index is 929. The van der Waals surface area contributed by atoms with Crippen LogP contribution in [0.15, 0.2) is 48.7 Å². The first-order valence-corrected chi connectivity index (χ1v) is 8.58. The van der Waals surface area contributed by atoms with Crippen molar-refractivity contribution in [1.82, 2.24) is 9.38 Å². The standard InChI is InChI=1S/C20H21N3O3/c1-3-26-20(25)15-7-9-16(10-8-15)22-19(24)12-11-17-14(2)21-18-6-4-5-13-23(17)18/h4-10,13H,3,11-12H2,1-2H3,(H,22,24). The molecule has 0 fully saturated rings. The molecule has 0 radical (unpaired) electrons. The second-order valence-corrected chi connectivity index (χ2v) is 5.92. The SMILES string of the molecule is CCOC(=O)c1ccc(NC(=O)CCc2c(C)nc3ccccn23)cc1. The molecule has 2 aromatic heterocycles. The van der Waals surface area contributed by atoms with Crippen molar-refractivity contribution in [1.29, 1.82) is 0 Å². The van der Waals surface area contributed by atoms with Gasteiger partial charge in [0.1, 0.15) is 5.65 Å². The summed E-state index contributed by atoms with van der Waals surface area (Å²) in [5, 5.41) is 2.85. The second kappa shape index (κ2) is 7.82. The minimum Gasteiger partial charge on any atom is -0.462 e. The summed E-state index contributed by atoms with van der Waals surface area (Å²) in [5.74, 6) is -0.451. The van der Waals surface area contributed by atoms with Gasteiger partial charge in [-0.3, -0.25) is 4.79 Å². The highest BCUT2D eigenvalue weighted by Crippen LogP contribution is 2.15. The van der Waals surface area contributed by atoms with E-state index in [9.17, 15) is 9.59 Å². The Morgan fingerprint density at radius 1 is 1.15 bits per heavy atom. The lowest BCUT2D eigenvalue weighted by Gasteiger charge is -2.07. The summed E-state index contributed by atoms with van der Waals surface area (Å²) in [4.78, 5) is 28.4. The van der Waals surface area contributed by atoms with Crippen molar-refractivity contribution in [3.8, 4) is 0 Å². The predicted octanol–water partition coefficient (Wildman–Crippen LogP) is 3.39. The molecule has 3 rings (SSSR count). The molecule has 26 heavy (non-hydrogen) atoms. The smallest absolute Gasteiger partial charge is 0.338 e. The summed E-state index contributed by atoms with van der Waals surface area (Å²) in [5.41, 5.74) is 3.97. The summed E-state index contributed by atoms with van der Waals surface area (Å²) in [6.07, 6.45) is 2.91. The van der Waals surface area contributed by atoms with E-state index in [1.165, 1.54) is 0 Å². The topological polar surface area (TPSA) is 72.7 Å². The van der Waals surface area contributed by atoms with E-state index >= 15 is 0 Å². The van der Waals surface area contributed by atoms with Crippen LogP contribution in [0, 0.1) is 6.92 Å². The Balaban J connectivity index is 1.60. The van der Waals surface area contributed by atoms with Crippen LogP contribution < -0.4 is 5.32 Å². The number of hydrogen-bond donors (Lipinski definition) is 1. The van der Waals surface area contributed by atoms with Crippen LogP contribution in [0.25, 0.3) is 5.65 Å². The number of aromatic nitrogens is 2. The number of carbonyl (C=O) groups is 2. The maximum absolute atomic E-state index is 12.2. The maximum atomic E-state index is 12.2. The van der Waals surface area contributed by atoms with Gasteiger partial charge in [0.05, 0.1) is 17.9 Å². The van der Waals surface area contributed by atoms with E-state index < -0.39 is 0 Å². The van der Waals surface area contributed by atoms with Gasteiger partial charge in [0, 0.05) is 24.0 Å². The van der Waals surface area contributed by atoms with Crippen LogP contribution in [0.3, 0.4) is 0 Å². The molecule has 6 nitrogen and oxygen atoms in total. The van der Waals surface area contributed by atoms with Gasteiger partial charge in [-0.05, 0) is 56.7 Å². The highest BCUT2D eigenvalue weighted by atomic mass is 16.5. The number of anilines is 1. The monoisotopic (exact) mass is 351 g/mol. The molecule has 0 saturated heterocycles. The minimum atomic E-state index is -0.367. The van der Waals surface area contributed by atoms with Gasteiger partial charge in [0.15, 0.2) is 0 Å². The number of ether oxygens (including phenoxy) is 1. The zero-order valence-corrected chi connectivity index (χ0v) is 14.9. The molecule has 1 amide bonds. The molecule has 0 spiro atoms. The lowest BCUT2D eigenvalue weighted by Crippen LogP contribution is -2.13. The number of carbonyl (C=O) groups excluding carboxylic acids is 2. The first-order valence-electron chi connectivity index (χ1n) is 8.58. The van der Waals surface area contributed by atoms with E-state index in [4.69, 9.17) is 4.74 Å². The number of esters is 1. The van der Waals surface area contributed by atoms with Crippen LogP contribution >= 0.6 is 0 Å². The van der Waals surface area contributed by atoms with Crippen molar-refractivity contribution in [3.63, 3.8) is 0 Å². The summed E-state index contributed by atoms with van der Waals surface area (Å²) < 4.78 is 6.95. The predicted molar refractivity (Wildman–Crippen MR) is 99.3 cm³/mol. The van der Waals surface area contributed by atoms with Gasteiger partial charge in [-0.25, -0.2) is 9.78 Å². The normalized spacial score (nSPS) is 10.7. The van der Waals surface area contributed by atoms with Crippen molar-refractivity contribution in [2.24, 2.45) is 0 Å². The van der Waals surface area contributed by atoms with Gasteiger partial charge in [0.25, 0.3) is 0 Å². The third-order valence-corrected chi connectivity index (χ3v) is 4.10. The van der Waals surface area contributed by atoms with E-state index in [0.29, 0.717) is 30.7 Å². The summed E-state index contributed by atoms with van der Waals surface area (Å²) >= 11 is 0. The Morgan fingerprint density at radius 2 is 1.92 bits per heavy atom. The lowest BCUT2D eigenvalue weighted by atomic mass is 10.2. The number of rotatable bonds is 6. The zero-order chi connectivity index (χ0) is 18.5. The van der Waals surface area contributed by atoms with Crippen LogP contribution in [0.4, 0.5) is 5.69 Å². The van der Waals surface area contributed by atoms with E-state index in [1.54, 1.807) is 31.2 Å². The van der Waals surface area contributed by atoms with E-state index in [2.05, 4.69) is 10.3 Å². The van der Waals surface area contributed by atoms with E-state index in [1.807, 2.05) is 35.7 Å². The van der Waals surface area contributed by atoms with Crippen LogP contribution in [0.5, 0.6) is 0 Å². The average molecular weight is 351 g/mol. The number of imidazole rings is 1. The van der Waals surface area contributed by atoms with E-state index in [-0.39, 0.29) is 11.9 Å². The zero-order valence-electron chi connectivity index (χ0n) is 14.9. The molecule has 1 aromatic carbocycles. The summed E-state index contributed by atoms with van der Waals surface area (Å²) in [6, 6.07) is 12.5. The van der Waals surface area contributed by atoms with E-state index in [0.717, 1.165) is 17.0 Å². The van der Waals surface area contributed by atoms with Gasteiger partial charge in [-0.2, -0.15) is 0 Å². The summed E-state index contributed by atoms with van der Waals surface area (Å²) in [6.45, 7) is 4.05. The first-order chi connectivity index (χ1) is 12.6. The third kappa shape index (κ3) is 3.91. The highest BCUT2D eigenvalue weighted by Gasteiger charge is 2.11. The molecule has 1 N–H and O–H groups in total. The fraction of sp³-hybridized carbons (Fsp3) is 0.250. The first kappa shape index (κ1) is 17.7. The van der Waals surface area contributed by atoms with Crippen LogP contribution in [0.2, 0.25) is 0 Å². The Morgan fingerprint density at radius 3 is 2.65 bits per heavy atom. The Hall–Kier alpha value is -3.15. The quantitative estimate of drug-likeness (QED) is 0.691. The molecule has 0 atom stereocenters. The third-order valence-electron chi connectivity index (χ3n) is 4.10. The number of nitrogens with one attached hydrogen (secondary N) is 1. The van der Waals surface area contributed by atoms with Gasteiger partial charge in [-0.15, -0.1) is 0 Å². The molecular formula is C20H21N3O3. The molecule has 3 aromatic rings. The fourth-order valence-corrected chi connectivity index (χ4v) is 2.82. The van der Waals surface area contributed by atoms with Crippen LogP contribution in [-0.2, 0) is 16.0 Å². The second-order valence-electron chi connectivity index (χ2n) is 5.92. The number of aryl methyl sites for hydroxylation is 2. The number of benzene rings is 1. The molecule has 0 aliphatic rings. The van der Waals surface area contributed by atoms with Gasteiger partial charge in [0.2, 0.25) is 5.91 Å². The minimum absolute atomic E-state index is 0.0841. The van der Waals surface area contributed by atoms with Gasteiger partial charge >= 0.3 is 5.97 Å². The molecule has 0 aliphatic heterocycles. The number of nitrogens with zero attached hydrogens (tertiary/aromatic N) is 2. The molecule has 0 unspecified atom stereocenters. The molecule has 0 bridgehead atoms. The lowest BCUT2D eigenvalue weighted by molar-refractivity contribution is -0.116. The summed E-state index contributed by atoms with van der Waals surface area (Å²) in [7, 11) is 0. The average Bonchev–Trinajstić information content (AvgIpc) is 2.96. The van der Waals surface area contributed by atoms with Crippen molar-refractivity contribution in [2.45, 2.75) is 26.7 Å². The highest BCUT2D eigenvalue weighted by molar-refractivity contribution is 5.93. The number of pyridine rings is 1. The van der Waals surface area contributed by atoms with Crippen molar-refractivity contribution >= 4 is 23.2 Å². The number of amides is 1. The van der Waals surface area contributed by atoms with Gasteiger partial charge in [-0.1, -0.05) is 6.07 Å². The molecular weight excluding hydrogens is 330 g/mol.